The Kier molecular flexibility index (Phi) is 6.90. The highest BCUT2D eigenvalue weighted by atomic mass is 16.6. The van der Waals surface area contributed by atoms with Crippen molar-refractivity contribution in [2.45, 2.75) is 103 Å². The molecular formula is C30H44O8. The lowest BCUT2D eigenvalue weighted by atomic mass is 9.69. The minimum atomic E-state index is -0.720. The van der Waals surface area contributed by atoms with Gasteiger partial charge in [-0.25, -0.2) is 9.59 Å². The van der Waals surface area contributed by atoms with Gasteiger partial charge in [-0.15, -0.1) is 0 Å². The van der Waals surface area contributed by atoms with E-state index in [2.05, 4.69) is 27.0 Å². The maximum atomic E-state index is 11.7. The molecule has 38 heavy (non-hydrogen) atoms. The molecule has 2 saturated heterocycles. The van der Waals surface area contributed by atoms with Gasteiger partial charge in [-0.05, 0) is 73.0 Å². The molecule has 6 fully saturated rings. The third-order valence-electron chi connectivity index (χ3n) is 11.5. The van der Waals surface area contributed by atoms with E-state index in [1.54, 1.807) is 0 Å². The average Bonchev–Trinajstić information content (AvgIpc) is 3.38. The highest BCUT2D eigenvalue weighted by molar-refractivity contribution is 5.91. The van der Waals surface area contributed by atoms with Crippen LogP contribution in [0, 0.1) is 46.3 Å². The number of carbonyl (C=O) groups excluding carboxylic acids is 2. The summed E-state index contributed by atoms with van der Waals surface area (Å²) in [5, 5.41) is 40.7. The van der Waals surface area contributed by atoms with Gasteiger partial charge in [-0.1, -0.05) is 40.9 Å². The topological polar surface area (TPSA) is 134 Å². The van der Waals surface area contributed by atoms with E-state index in [0.717, 1.165) is 12.8 Å². The Hall–Kier alpha value is -1.74. The molecule has 4 N–H and O–H groups in total. The van der Waals surface area contributed by atoms with E-state index in [0.29, 0.717) is 48.7 Å². The number of fused-ring (bicyclic) bond motifs is 4. The van der Waals surface area contributed by atoms with Crippen molar-refractivity contribution in [2.24, 2.45) is 46.3 Å². The molecule has 2 aliphatic heterocycles. The first-order chi connectivity index (χ1) is 17.7. The van der Waals surface area contributed by atoms with Crippen molar-refractivity contribution in [1.82, 2.24) is 0 Å². The molecule has 0 spiro atoms. The van der Waals surface area contributed by atoms with Crippen LogP contribution in [0.25, 0.3) is 0 Å². The van der Waals surface area contributed by atoms with Gasteiger partial charge in [-0.3, -0.25) is 0 Å². The van der Waals surface area contributed by atoms with Crippen LogP contribution in [0.5, 0.6) is 0 Å². The maximum absolute atomic E-state index is 11.7. The lowest BCUT2D eigenvalue weighted by molar-refractivity contribution is -0.140. The number of hydrogen-bond donors (Lipinski definition) is 4. The van der Waals surface area contributed by atoms with Crippen LogP contribution < -0.4 is 0 Å². The first kappa shape index (κ1) is 27.8. The van der Waals surface area contributed by atoms with Crippen molar-refractivity contribution in [1.29, 1.82) is 0 Å². The molecule has 0 aromatic rings. The van der Waals surface area contributed by atoms with Gasteiger partial charge in [0.2, 0.25) is 0 Å². The lowest BCUT2D eigenvalue weighted by Gasteiger charge is -2.36. The van der Waals surface area contributed by atoms with Crippen LogP contribution in [-0.4, -0.2) is 69.0 Å². The highest BCUT2D eigenvalue weighted by Crippen LogP contribution is 2.58. The predicted molar refractivity (Wildman–Crippen MR) is 138 cm³/mol. The minimum absolute atomic E-state index is 0.00935. The van der Waals surface area contributed by atoms with E-state index >= 15 is 0 Å². The third kappa shape index (κ3) is 4.09. The first-order valence-electron chi connectivity index (χ1n) is 14.2. The summed E-state index contributed by atoms with van der Waals surface area (Å²) >= 11 is 0. The molecule has 0 radical (unpaired) electrons. The molecule has 8 heteroatoms. The zero-order chi connectivity index (χ0) is 27.9. The molecule has 212 valence electrons. The van der Waals surface area contributed by atoms with Crippen molar-refractivity contribution >= 4 is 11.9 Å². The van der Waals surface area contributed by atoms with Crippen LogP contribution in [0.2, 0.25) is 0 Å². The average molecular weight is 533 g/mol. The van der Waals surface area contributed by atoms with Gasteiger partial charge in [0.05, 0.1) is 24.4 Å². The SMILES string of the molecule is C=C1C(=O)O[C@@H]2C[C@@H](C)[C@@H]3C[C@@H](O)[C@H](O)[C@@]3(C)C[C@H]12.C=C1C(=O)O[C@@H]2C[C@@H](C)[C@@H]3C[C@@H](O)[C@H](O)[C@@]3(C)C[C@H]12. The van der Waals surface area contributed by atoms with Gasteiger partial charge in [0.1, 0.15) is 12.2 Å². The Morgan fingerprint density at radius 3 is 1.37 bits per heavy atom. The minimum Gasteiger partial charge on any atom is -0.458 e. The highest BCUT2D eigenvalue weighted by Gasteiger charge is 2.59. The third-order valence-corrected chi connectivity index (χ3v) is 11.5. The summed E-state index contributed by atoms with van der Waals surface area (Å²) < 4.78 is 10.8. The Balaban J connectivity index is 0.000000155. The summed E-state index contributed by atoms with van der Waals surface area (Å²) in [7, 11) is 0. The van der Waals surface area contributed by atoms with E-state index in [1.807, 2.05) is 13.8 Å². The molecule has 0 bridgehead atoms. The summed E-state index contributed by atoms with van der Waals surface area (Å²) in [5.41, 5.74) is 0.366. The first-order valence-corrected chi connectivity index (χ1v) is 14.2. The number of rotatable bonds is 0. The van der Waals surface area contributed by atoms with Crippen molar-refractivity contribution < 1.29 is 39.5 Å². The standard InChI is InChI=1S/2C15H22O4/c2*1-7-4-12-9(8(2)14(18)19-12)6-15(3)10(7)5-11(16)13(15)17/h2*7,9-13,16-17H,2,4-6H2,1,3H3/t2*7-,9-,10+,11-,12-,13+,15+/m11/s1. The van der Waals surface area contributed by atoms with Gasteiger partial charge in [0, 0.05) is 23.0 Å². The molecule has 6 aliphatic rings. The van der Waals surface area contributed by atoms with Gasteiger partial charge in [0.15, 0.2) is 0 Å². The van der Waals surface area contributed by atoms with Crippen LogP contribution in [0.3, 0.4) is 0 Å². The molecule has 4 saturated carbocycles. The number of carbonyl (C=O) groups is 2. The second kappa shape index (κ2) is 9.43. The molecule has 2 heterocycles. The van der Waals surface area contributed by atoms with Crippen LogP contribution >= 0.6 is 0 Å². The number of aliphatic hydroxyl groups is 4. The smallest absolute Gasteiger partial charge is 0.334 e. The Labute approximate surface area is 225 Å². The summed E-state index contributed by atoms with van der Waals surface area (Å²) in [6, 6.07) is 0. The van der Waals surface area contributed by atoms with E-state index in [4.69, 9.17) is 9.47 Å². The molecule has 6 rings (SSSR count). The second-order valence-electron chi connectivity index (χ2n) is 13.7. The van der Waals surface area contributed by atoms with E-state index in [9.17, 15) is 30.0 Å². The largest absolute Gasteiger partial charge is 0.458 e. The Bertz CT molecular complexity index is 944. The lowest BCUT2D eigenvalue weighted by Crippen LogP contribution is -2.38. The molecule has 0 unspecified atom stereocenters. The zero-order valence-corrected chi connectivity index (χ0v) is 23.0. The Morgan fingerprint density at radius 2 is 1.03 bits per heavy atom. The van der Waals surface area contributed by atoms with Gasteiger partial charge >= 0.3 is 11.9 Å². The van der Waals surface area contributed by atoms with Crippen LogP contribution in [-0.2, 0) is 19.1 Å². The summed E-state index contributed by atoms with van der Waals surface area (Å²) in [4.78, 5) is 23.3. The number of ether oxygens (including phenoxy) is 2. The van der Waals surface area contributed by atoms with Crippen molar-refractivity contribution in [3.63, 3.8) is 0 Å². The normalized spacial score (nSPS) is 53.5. The van der Waals surface area contributed by atoms with Crippen LogP contribution in [0.15, 0.2) is 24.3 Å². The summed E-state index contributed by atoms with van der Waals surface area (Å²) in [5.74, 6) is 0.588. The molecule has 0 aromatic carbocycles. The molecule has 4 aliphatic carbocycles. The maximum Gasteiger partial charge on any atom is 0.334 e. The number of esters is 2. The molecular weight excluding hydrogens is 488 g/mol. The fourth-order valence-corrected chi connectivity index (χ4v) is 9.23. The zero-order valence-electron chi connectivity index (χ0n) is 23.0. The van der Waals surface area contributed by atoms with E-state index in [1.165, 1.54) is 0 Å². The summed E-state index contributed by atoms with van der Waals surface area (Å²) in [6.07, 6.45) is 1.29. The van der Waals surface area contributed by atoms with Crippen molar-refractivity contribution in [3.05, 3.63) is 24.3 Å². The van der Waals surface area contributed by atoms with Crippen LogP contribution in [0.4, 0.5) is 0 Å². The number of hydrogen-bond acceptors (Lipinski definition) is 8. The van der Waals surface area contributed by atoms with Crippen molar-refractivity contribution in [3.8, 4) is 0 Å². The second-order valence-corrected chi connectivity index (χ2v) is 13.7. The van der Waals surface area contributed by atoms with Crippen molar-refractivity contribution in [2.75, 3.05) is 0 Å². The Morgan fingerprint density at radius 1 is 0.684 bits per heavy atom. The van der Waals surface area contributed by atoms with Gasteiger partial charge < -0.3 is 29.9 Å². The van der Waals surface area contributed by atoms with Crippen LogP contribution in [0.1, 0.15) is 66.2 Å². The van der Waals surface area contributed by atoms with E-state index in [-0.39, 0.29) is 58.6 Å². The molecule has 0 amide bonds. The van der Waals surface area contributed by atoms with E-state index < -0.39 is 24.4 Å². The molecule has 14 atom stereocenters. The summed E-state index contributed by atoms with van der Waals surface area (Å²) in [6.45, 7) is 16.0. The molecule has 8 nitrogen and oxygen atoms in total. The monoisotopic (exact) mass is 532 g/mol. The fraction of sp³-hybridized carbons (Fsp3) is 0.800. The number of aliphatic hydroxyl groups excluding tert-OH is 4. The molecule has 0 aromatic heterocycles. The fourth-order valence-electron chi connectivity index (χ4n) is 9.23. The quantitative estimate of drug-likeness (QED) is 0.276. The predicted octanol–water partition coefficient (Wildman–Crippen LogP) is 2.52. The van der Waals surface area contributed by atoms with Gasteiger partial charge in [0.25, 0.3) is 0 Å². The van der Waals surface area contributed by atoms with Gasteiger partial charge in [-0.2, -0.15) is 0 Å².